The predicted octanol–water partition coefficient (Wildman–Crippen LogP) is 0.745. The van der Waals surface area contributed by atoms with Gasteiger partial charge in [-0.2, -0.15) is 0 Å². The highest BCUT2D eigenvalue weighted by atomic mass is 19.1. The summed E-state index contributed by atoms with van der Waals surface area (Å²) in [6, 6.07) is 1.71. The molecule has 0 spiro atoms. The van der Waals surface area contributed by atoms with E-state index in [1.54, 1.807) is 0 Å². The van der Waals surface area contributed by atoms with E-state index in [-0.39, 0.29) is 24.6 Å². The minimum Gasteiger partial charge on any atom is -0.399 e. The number of nitrogens with two attached hydrogens (primary N) is 1. The number of anilines is 2. The highest BCUT2D eigenvalue weighted by molar-refractivity contribution is 5.56. The zero-order chi connectivity index (χ0) is 12.4. The molecule has 0 aromatic heterocycles. The third-order valence-corrected chi connectivity index (χ3v) is 2.76. The van der Waals surface area contributed by atoms with E-state index in [2.05, 4.69) is 0 Å². The number of benzene rings is 1. The Morgan fingerprint density at radius 1 is 1.41 bits per heavy atom. The van der Waals surface area contributed by atoms with Gasteiger partial charge in [0.15, 0.2) is 11.6 Å². The third-order valence-electron chi connectivity index (χ3n) is 2.76. The molecule has 4 nitrogen and oxygen atoms in total. The smallest absolute Gasteiger partial charge is 0.151 e. The molecule has 6 heteroatoms. The lowest BCUT2D eigenvalue weighted by Gasteiger charge is -2.36. The molecule has 0 bridgehead atoms. The van der Waals surface area contributed by atoms with E-state index in [9.17, 15) is 8.78 Å². The first kappa shape index (κ1) is 12.1. The summed E-state index contributed by atoms with van der Waals surface area (Å²) in [6.45, 7) is 0.742. The molecule has 3 N–H and O–H groups in total. The summed E-state index contributed by atoms with van der Waals surface area (Å²) in [7, 11) is 0. The summed E-state index contributed by atoms with van der Waals surface area (Å²) in [5.74, 6) is -1.44. The Labute approximate surface area is 97.6 Å². The van der Waals surface area contributed by atoms with Crippen LogP contribution in [0.2, 0.25) is 0 Å². The predicted molar refractivity (Wildman–Crippen MR) is 59.8 cm³/mol. The average molecular weight is 244 g/mol. The van der Waals surface area contributed by atoms with Crippen LogP contribution in [0.1, 0.15) is 0 Å². The first-order valence-corrected chi connectivity index (χ1v) is 5.33. The summed E-state index contributed by atoms with van der Waals surface area (Å²) in [5.41, 5.74) is 5.24. The lowest BCUT2D eigenvalue weighted by atomic mass is 10.1. The molecule has 1 saturated heterocycles. The first-order valence-electron chi connectivity index (χ1n) is 5.33. The summed E-state index contributed by atoms with van der Waals surface area (Å²) in [6.07, 6.45) is 0. The van der Waals surface area contributed by atoms with Crippen LogP contribution >= 0.6 is 0 Å². The largest absolute Gasteiger partial charge is 0.399 e. The van der Waals surface area contributed by atoms with Crippen LogP contribution in [0.3, 0.4) is 0 Å². The van der Waals surface area contributed by atoms with E-state index in [4.69, 9.17) is 15.6 Å². The fourth-order valence-electron chi connectivity index (χ4n) is 1.96. The number of rotatable bonds is 2. The van der Waals surface area contributed by atoms with Crippen LogP contribution in [0.25, 0.3) is 0 Å². The summed E-state index contributed by atoms with van der Waals surface area (Å²) in [5, 5.41) is 9.17. The lowest BCUT2D eigenvalue weighted by Crippen LogP contribution is -2.48. The van der Waals surface area contributed by atoms with E-state index in [1.165, 1.54) is 4.90 Å². The van der Waals surface area contributed by atoms with Crippen molar-refractivity contribution in [1.82, 2.24) is 0 Å². The Hall–Kier alpha value is -1.40. The maximum Gasteiger partial charge on any atom is 0.151 e. The number of ether oxygens (including phenoxy) is 1. The van der Waals surface area contributed by atoms with Crippen LogP contribution in [-0.2, 0) is 4.74 Å². The molecule has 1 atom stereocenters. The molecule has 1 fully saturated rings. The van der Waals surface area contributed by atoms with Crippen molar-refractivity contribution in [1.29, 1.82) is 0 Å². The topological polar surface area (TPSA) is 58.7 Å². The Kier molecular flexibility index (Phi) is 3.44. The van der Waals surface area contributed by atoms with Crippen molar-refractivity contribution < 1.29 is 18.6 Å². The van der Waals surface area contributed by atoms with Gasteiger partial charge in [0.2, 0.25) is 0 Å². The quantitative estimate of drug-likeness (QED) is 0.753. The second-order valence-electron chi connectivity index (χ2n) is 3.94. The molecule has 1 aromatic carbocycles. The molecule has 1 aromatic rings. The molecule has 94 valence electrons. The number of hydrogen-bond donors (Lipinski definition) is 2. The van der Waals surface area contributed by atoms with Gasteiger partial charge in [-0.25, -0.2) is 8.78 Å². The fourth-order valence-corrected chi connectivity index (χ4v) is 1.96. The summed E-state index contributed by atoms with van der Waals surface area (Å²) >= 11 is 0. The van der Waals surface area contributed by atoms with Gasteiger partial charge in [-0.05, 0) is 12.1 Å². The normalized spacial score (nSPS) is 20.6. The van der Waals surface area contributed by atoms with E-state index in [1.807, 2.05) is 0 Å². The molecule has 1 heterocycles. The van der Waals surface area contributed by atoms with Crippen molar-refractivity contribution >= 4 is 11.4 Å². The highest BCUT2D eigenvalue weighted by Crippen LogP contribution is 2.28. The van der Waals surface area contributed by atoms with Gasteiger partial charge in [0.1, 0.15) is 5.69 Å². The second kappa shape index (κ2) is 4.85. The Bertz CT molecular complexity index is 391. The van der Waals surface area contributed by atoms with Crippen LogP contribution in [0.4, 0.5) is 20.2 Å². The molecule has 0 saturated carbocycles. The lowest BCUT2D eigenvalue weighted by molar-refractivity contribution is 0.0720. The molecule has 0 radical (unpaired) electrons. The van der Waals surface area contributed by atoms with Gasteiger partial charge in [0.25, 0.3) is 0 Å². The molecule has 0 amide bonds. The number of morpholine rings is 1. The molecule has 17 heavy (non-hydrogen) atoms. The van der Waals surface area contributed by atoms with E-state index in [0.717, 1.165) is 12.1 Å². The maximum atomic E-state index is 13.7. The van der Waals surface area contributed by atoms with Crippen LogP contribution < -0.4 is 10.6 Å². The fraction of sp³-hybridized carbons (Fsp3) is 0.455. The van der Waals surface area contributed by atoms with E-state index in [0.29, 0.717) is 13.2 Å². The van der Waals surface area contributed by atoms with Crippen molar-refractivity contribution in [3.05, 3.63) is 23.8 Å². The van der Waals surface area contributed by atoms with Gasteiger partial charge >= 0.3 is 0 Å². The van der Waals surface area contributed by atoms with Gasteiger partial charge in [-0.15, -0.1) is 0 Å². The van der Waals surface area contributed by atoms with Crippen molar-refractivity contribution in [3.63, 3.8) is 0 Å². The van der Waals surface area contributed by atoms with Crippen LogP contribution in [0.15, 0.2) is 12.1 Å². The minimum atomic E-state index is -0.720. The standard InChI is InChI=1S/C11H14F2N2O2/c12-9-3-7(14)4-10(13)11(9)15-1-2-17-6-8(15)5-16/h3-4,8,16H,1-2,5-6,14H2. The molecular weight excluding hydrogens is 230 g/mol. The minimum absolute atomic E-state index is 0.0394. The van der Waals surface area contributed by atoms with Gasteiger partial charge < -0.3 is 20.5 Å². The Morgan fingerprint density at radius 2 is 2.06 bits per heavy atom. The van der Waals surface area contributed by atoms with Crippen molar-refractivity contribution in [2.45, 2.75) is 6.04 Å². The number of nitrogens with zero attached hydrogens (tertiary/aromatic N) is 1. The van der Waals surface area contributed by atoms with Gasteiger partial charge in [-0.3, -0.25) is 0 Å². The zero-order valence-electron chi connectivity index (χ0n) is 9.20. The summed E-state index contributed by atoms with van der Waals surface area (Å²) in [4.78, 5) is 1.48. The third kappa shape index (κ3) is 2.32. The average Bonchev–Trinajstić information content (AvgIpc) is 2.28. The zero-order valence-corrected chi connectivity index (χ0v) is 9.20. The number of hydrogen-bond acceptors (Lipinski definition) is 4. The van der Waals surface area contributed by atoms with Crippen molar-refractivity contribution in [2.24, 2.45) is 0 Å². The number of aliphatic hydroxyl groups is 1. The van der Waals surface area contributed by atoms with Gasteiger partial charge in [0, 0.05) is 12.2 Å². The van der Waals surface area contributed by atoms with Crippen LogP contribution in [-0.4, -0.2) is 37.5 Å². The van der Waals surface area contributed by atoms with Gasteiger partial charge in [0.05, 0.1) is 25.9 Å². The van der Waals surface area contributed by atoms with Crippen molar-refractivity contribution in [2.75, 3.05) is 37.0 Å². The number of halogens is 2. The molecule has 2 rings (SSSR count). The summed E-state index contributed by atoms with van der Waals surface area (Å²) < 4.78 is 32.6. The molecule has 0 aliphatic carbocycles. The first-order chi connectivity index (χ1) is 8.13. The van der Waals surface area contributed by atoms with Gasteiger partial charge in [-0.1, -0.05) is 0 Å². The number of nitrogen functional groups attached to an aromatic ring is 1. The van der Waals surface area contributed by atoms with E-state index >= 15 is 0 Å². The molecular formula is C11H14F2N2O2. The monoisotopic (exact) mass is 244 g/mol. The number of aliphatic hydroxyl groups excluding tert-OH is 1. The SMILES string of the molecule is Nc1cc(F)c(N2CCOCC2CO)c(F)c1. The maximum absolute atomic E-state index is 13.7. The molecule has 1 aliphatic heterocycles. The molecule has 1 unspecified atom stereocenters. The highest BCUT2D eigenvalue weighted by Gasteiger charge is 2.27. The Morgan fingerprint density at radius 3 is 2.65 bits per heavy atom. The van der Waals surface area contributed by atoms with E-state index < -0.39 is 17.7 Å². The van der Waals surface area contributed by atoms with Crippen molar-refractivity contribution in [3.8, 4) is 0 Å². The van der Waals surface area contributed by atoms with Crippen LogP contribution in [0, 0.1) is 11.6 Å². The second-order valence-corrected chi connectivity index (χ2v) is 3.94. The molecule has 1 aliphatic rings. The van der Waals surface area contributed by atoms with Crippen LogP contribution in [0.5, 0.6) is 0 Å². The Balaban J connectivity index is 2.38.